The molecule has 5 heteroatoms. The summed E-state index contributed by atoms with van der Waals surface area (Å²) in [5.74, 6) is 1.74. The second-order valence-corrected chi connectivity index (χ2v) is 6.07. The molecule has 1 amide bonds. The molecule has 0 aliphatic carbocycles. The van der Waals surface area contributed by atoms with Crippen molar-refractivity contribution in [3.05, 3.63) is 53.7 Å². The van der Waals surface area contributed by atoms with Gasteiger partial charge in [-0.25, -0.2) is 4.98 Å². The summed E-state index contributed by atoms with van der Waals surface area (Å²) in [5.41, 5.74) is 1.72. The van der Waals surface area contributed by atoms with Gasteiger partial charge in [-0.1, -0.05) is 26.0 Å². The molecule has 1 aromatic carbocycles. The number of hydrogen-bond donors (Lipinski definition) is 2. The largest absolute Gasteiger partial charge is 0.439 e. The molecule has 0 saturated heterocycles. The number of pyridine rings is 1. The summed E-state index contributed by atoms with van der Waals surface area (Å²) in [6.45, 7) is 6.33. The minimum Gasteiger partial charge on any atom is -0.439 e. The zero-order valence-electron chi connectivity index (χ0n) is 14.5. The lowest BCUT2D eigenvalue weighted by molar-refractivity contribution is 0.0962. The van der Waals surface area contributed by atoms with Crippen LogP contribution in [-0.2, 0) is 6.54 Å². The molecule has 0 radical (unpaired) electrons. The lowest BCUT2D eigenvalue weighted by atomic mass is 10.1. The Bertz CT molecular complexity index is 637. The molecule has 0 bridgehead atoms. The average molecular weight is 327 g/mol. The highest BCUT2D eigenvalue weighted by atomic mass is 16.5. The van der Waals surface area contributed by atoms with E-state index in [2.05, 4.69) is 29.5 Å². The molecule has 0 aliphatic heterocycles. The lowest BCUT2D eigenvalue weighted by Gasteiger charge is -2.08. The van der Waals surface area contributed by atoms with Crippen LogP contribution >= 0.6 is 0 Å². The highest BCUT2D eigenvalue weighted by Gasteiger charge is 2.05. The van der Waals surface area contributed by atoms with Crippen LogP contribution in [0.15, 0.2) is 42.6 Å². The van der Waals surface area contributed by atoms with Crippen molar-refractivity contribution in [1.29, 1.82) is 0 Å². The average Bonchev–Trinajstić information content (AvgIpc) is 2.60. The normalized spacial score (nSPS) is 10.7. The number of carbonyl (C=O) groups excluding carboxylic acids is 1. The summed E-state index contributed by atoms with van der Waals surface area (Å²) in [5, 5.41) is 5.99. The van der Waals surface area contributed by atoms with Gasteiger partial charge in [0.2, 0.25) is 5.88 Å². The molecule has 0 atom stereocenters. The first-order valence-corrected chi connectivity index (χ1v) is 8.24. The molecule has 0 unspecified atom stereocenters. The zero-order valence-corrected chi connectivity index (χ0v) is 14.5. The van der Waals surface area contributed by atoms with Crippen molar-refractivity contribution in [2.24, 2.45) is 5.92 Å². The molecule has 2 rings (SSSR count). The molecular formula is C19H25N3O2. The second kappa shape index (κ2) is 9.03. The standard InChI is InChI=1S/C19H25N3O2/c1-14(2)10-11-21-12-15-4-7-17(8-5-15)24-18-9-6-16(13-22-18)19(23)20-3/h4-9,13-14,21H,10-12H2,1-3H3,(H,20,23). The van der Waals surface area contributed by atoms with Gasteiger partial charge in [-0.15, -0.1) is 0 Å². The van der Waals surface area contributed by atoms with Crippen LogP contribution in [0.5, 0.6) is 11.6 Å². The number of nitrogens with one attached hydrogen (secondary N) is 2. The quantitative estimate of drug-likeness (QED) is 0.730. The van der Waals surface area contributed by atoms with Crippen LogP contribution < -0.4 is 15.4 Å². The van der Waals surface area contributed by atoms with Gasteiger partial charge in [-0.3, -0.25) is 4.79 Å². The van der Waals surface area contributed by atoms with E-state index in [9.17, 15) is 4.79 Å². The third kappa shape index (κ3) is 5.66. The molecule has 0 saturated carbocycles. The van der Waals surface area contributed by atoms with Crippen LogP contribution in [0, 0.1) is 5.92 Å². The van der Waals surface area contributed by atoms with Crippen molar-refractivity contribution in [3.63, 3.8) is 0 Å². The number of benzene rings is 1. The van der Waals surface area contributed by atoms with Gasteiger partial charge in [0.05, 0.1) is 5.56 Å². The molecule has 24 heavy (non-hydrogen) atoms. The van der Waals surface area contributed by atoms with Gasteiger partial charge >= 0.3 is 0 Å². The van der Waals surface area contributed by atoms with Crippen molar-refractivity contribution in [3.8, 4) is 11.6 Å². The van der Waals surface area contributed by atoms with Crippen LogP contribution in [0.25, 0.3) is 0 Å². The van der Waals surface area contributed by atoms with Gasteiger partial charge in [-0.05, 0) is 42.6 Å². The molecule has 0 spiro atoms. The number of ether oxygens (including phenoxy) is 1. The van der Waals surface area contributed by atoms with E-state index < -0.39 is 0 Å². The summed E-state index contributed by atoms with van der Waals surface area (Å²) < 4.78 is 5.70. The molecule has 1 aromatic heterocycles. The molecule has 5 nitrogen and oxygen atoms in total. The van der Waals surface area contributed by atoms with Gasteiger partial charge in [0.1, 0.15) is 5.75 Å². The zero-order chi connectivity index (χ0) is 17.4. The number of carbonyl (C=O) groups is 1. The number of hydrogen-bond acceptors (Lipinski definition) is 4. The van der Waals surface area contributed by atoms with E-state index in [1.807, 2.05) is 24.3 Å². The molecule has 2 aromatic rings. The lowest BCUT2D eigenvalue weighted by Crippen LogP contribution is -2.17. The van der Waals surface area contributed by atoms with Crippen LogP contribution in [-0.4, -0.2) is 24.5 Å². The molecule has 0 fully saturated rings. The monoisotopic (exact) mass is 327 g/mol. The Morgan fingerprint density at radius 2 is 1.92 bits per heavy atom. The Morgan fingerprint density at radius 1 is 1.17 bits per heavy atom. The number of amides is 1. The Kier molecular flexibility index (Phi) is 6.75. The maximum Gasteiger partial charge on any atom is 0.252 e. The summed E-state index contributed by atoms with van der Waals surface area (Å²) >= 11 is 0. The van der Waals surface area contributed by atoms with Crippen molar-refractivity contribution in [2.75, 3.05) is 13.6 Å². The molecular weight excluding hydrogens is 302 g/mol. The topological polar surface area (TPSA) is 63.2 Å². The highest BCUT2D eigenvalue weighted by Crippen LogP contribution is 2.20. The first-order chi connectivity index (χ1) is 11.6. The van der Waals surface area contributed by atoms with E-state index in [-0.39, 0.29) is 5.91 Å². The summed E-state index contributed by atoms with van der Waals surface area (Å²) in [6, 6.07) is 11.3. The molecule has 128 valence electrons. The molecule has 2 N–H and O–H groups in total. The van der Waals surface area contributed by atoms with Gasteiger partial charge in [0.25, 0.3) is 5.91 Å². The van der Waals surface area contributed by atoms with Gasteiger partial charge in [0, 0.05) is 25.9 Å². The van der Waals surface area contributed by atoms with Crippen molar-refractivity contribution < 1.29 is 9.53 Å². The van der Waals surface area contributed by atoms with Crippen molar-refractivity contribution >= 4 is 5.91 Å². The first-order valence-electron chi connectivity index (χ1n) is 8.24. The Hall–Kier alpha value is -2.40. The fourth-order valence-electron chi connectivity index (χ4n) is 2.14. The van der Waals surface area contributed by atoms with Gasteiger partial charge < -0.3 is 15.4 Å². The third-order valence-corrected chi connectivity index (χ3v) is 3.60. The van der Waals surface area contributed by atoms with Gasteiger partial charge in [-0.2, -0.15) is 0 Å². The number of aromatic nitrogens is 1. The Morgan fingerprint density at radius 3 is 2.50 bits per heavy atom. The molecule has 0 aliphatic rings. The van der Waals surface area contributed by atoms with E-state index in [0.717, 1.165) is 24.8 Å². The van der Waals surface area contributed by atoms with E-state index in [1.165, 1.54) is 18.2 Å². The van der Waals surface area contributed by atoms with E-state index in [1.54, 1.807) is 19.2 Å². The fraction of sp³-hybridized carbons (Fsp3) is 0.368. The minimum absolute atomic E-state index is 0.164. The minimum atomic E-state index is -0.164. The van der Waals surface area contributed by atoms with Crippen LogP contribution in [0.1, 0.15) is 36.2 Å². The third-order valence-electron chi connectivity index (χ3n) is 3.60. The van der Waals surface area contributed by atoms with E-state index in [4.69, 9.17) is 4.74 Å². The number of nitrogens with zero attached hydrogens (tertiary/aromatic N) is 1. The second-order valence-electron chi connectivity index (χ2n) is 6.07. The smallest absolute Gasteiger partial charge is 0.252 e. The predicted octanol–water partition coefficient (Wildman–Crippen LogP) is 3.37. The van der Waals surface area contributed by atoms with Crippen LogP contribution in [0.2, 0.25) is 0 Å². The van der Waals surface area contributed by atoms with Crippen molar-refractivity contribution in [1.82, 2.24) is 15.6 Å². The van der Waals surface area contributed by atoms with E-state index >= 15 is 0 Å². The van der Waals surface area contributed by atoms with Crippen LogP contribution in [0.4, 0.5) is 0 Å². The van der Waals surface area contributed by atoms with Gasteiger partial charge in [0.15, 0.2) is 0 Å². The van der Waals surface area contributed by atoms with E-state index in [0.29, 0.717) is 11.4 Å². The Labute approximate surface area is 143 Å². The maximum atomic E-state index is 11.5. The fourth-order valence-corrected chi connectivity index (χ4v) is 2.14. The number of rotatable bonds is 8. The molecule has 1 heterocycles. The summed E-state index contributed by atoms with van der Waals surface area (Å²) in [7, 11) is 1.59. The Balaban J connectivity index is 1.86. The highest BCUT2D eigenvalue weighted by molar-refractivity contribution is 5.93. The maximum absolute atomic E-state index is 11.5. The van der Waals surface area contributed by atoms with Crippen LogP contribution in [0.3, 0.4) is 0 Å². The van der Waals surface area contributed by atoms with Crippen molar-refractivity contribution in [2.45, 2.75) is 26.8 Å². The predicted molar refractivity (Wildman–Crippen MR) is 95.3 cm³/mol. The first kappa shape index (κ1) is 17.9. The SMILES string of the molecule is CNC(=O)c1ccc(Oc2ccc(CNCCC(C)C)cc2)nc1. The summed E-state index contributed by atoms with van der Waals surface area (Å²) in [4.78, 5) is 15.6. The summed E-state index contributed by atoms with van der Waals surface area (Å²) in [6.07, 6.45) is 2.68.